The average Bonchev–Trinajstić information content (AvgIpc) is 2.48. The summed E-state index contributed by atoms with van der Waals surface area (Å²) in [5.74, 6) is 2.38. The Bertz CT molecular complexity index is 633. The molecule has 0 atom stereocenters. The first-order valence-electron chi connectivity index (χ1n) is 6.29. The molecule has 1 heterocycles. The third kappa shape index (κ3) is 2.97. The van der Waals surface area contributed by atoms with Gasteiger partial charge in [0.05, 0.1) is 0 Å². The zero-order valence-electron chi connectivity index (χ0n) is 10.8. The number of benzene rings is 2. The molecule has 0 saturated heterocycles. The topological polar surface area (TPSA) is 44.5 Å². The SMILES string of the molecule is Nc1ccc(Cl)c(CSc2ccc3c(c2)OCCO3)c1. The van der Waals surface area contributed by atoms with Crippen LogP contribution in [0.1, 0.15) is 5.56 Å². The fourth-order valence-corrected chi connectivity index (χ4v) is 3.16. The van der Waals surface area contributed by atoms with Gasteiger partial charge in [0.2, 0.25) is 0 Å². The molecule has 0 amide bonds. The number of hydrogen-bond donors (Lipinski definition) is 1. The van der Waals surface area contributed by atoms with Gasteiger partial charge in [-0.2, -0.15) is 0 Å². The van der Waals surface area contributed by atoms with E-state index in [4.69, 9.17) is 26.8 Å². The predicted octanol–water partition coefficient (Wildman–Crippen LogP) is 3.99. The summed E-state index contributed by atoms with van der Waals surface area (Å²) in [5.41, 5.74) is 7.55. The van der Waals surface area contributed by atoms with Crippen molar-refractivity contribution in [2.45, 2.75) is 10.6 Å². The molecule has 2 aromatic carbocycles. The van der Waals surface area contributed by atoms with Crippen molar-refractivity contribution in [2.24, 2.45) is 0 Å². The molecule has 0 unspecified atom stereocenters. The van der Waals surface area contributed by atoms with Crippen molar-refractivity contribution >= 4 is 29.1 Å². The van der Waals surface area contributed by atoms with E-state index in [1.54, 1.807) is 17.8 Å². The van der Waals surface area contributed by atoms with Crippen molar-refractivity contribution in [2.75, 3.05) is 18.9 Å². The van der Waals surface area contributed by atoms with Crippen molar-refractivity contribution < 1.29 is 9.47 Å². The number of fused-ring (bicyclic) bond motifs is 1. The summed E-state index contributed by atoms with van der Waals surface area (Å²) in [6.07, 6.45) is 0. The molecule has 0 bridgehead atoms. The second-order valence-electron chi connectivity index (χ2n) is 4.44. The molecule has 1 aliphatic heterocycles. The van der Waals surface area contributed by atoms with Crippen molar-refractivity contribution in [3.63, 3.8) is 0 Å². The lowest BCUT2D eigenvalue weighted by molar-refractivity contribution is 0.171. The van der Waals surface area contributed by atoms with Gasteiger partial charge in [0.1, 0.15) is 13.2 Å². The summed E-state index contributed by atoms with van der Waals surface area (Å²) in [7, 11) is 0. The molecule has 104 valence electrons. The summed E-state index contributed by atoms with van der Waals surface area (Å²) in [6.45, 7) is 1.21. The third-order valence-corrected chi connectivity index (χ3v) is 4.39. The van der Waals surface area contributed by atoms with Crippen LogP contribution in [0.15, 0.2) is 41.3 Å². The minimum absolute atomic E-state index is 0.599. The maximum atomic E-state index is 6.16. The fourth-order valence-electron chi connectivity index (χ4n) is 1.98. The van der Waals surface area contributed by atoms with Crippen molar-refractivity contribution in [3.8, 4) is 11.5 Å². The van der Waals surface area contributed by atoms with Gasteiger partial charge in [0.15, 0.2) is 11.5 Å². The Morgan fingerprint density at radius 2 is 1.85 bits per heavy atom. The van der Waals surface area contributed by atoms with Gasteiger partial charge in [-0.15, -0.1) is 11.8 Å². The van der Waals surface area contributed by atoms with Crippen molar-refractivity contribution in [1.82, 2.24) is 0 Å². The Labute approximate surface area is 127 Å². The van der Waals surface area contributed by atoms with Crippen LogP contribution in [0, 0.1) is 0 Å². The number of nitrogen functional groups attached to an aromatic ring is 1. The van der Waals surface area contributed by atoms with Crippen molar-refractivity contribution in [3.05, 3.63) is 47.0 Å². The quantitative estimate of drug-likeness (QED) is 0.688. The zero-order valence-corrected chi connectivity index (χ0v) is 12.3. The first-order chi connectivity index (χ1) is 9.72. The Balaban J connectivity index is 1.73. The minimum Gasteiger partial charge on any atom is -0.486 e. The molecule has 2 N–H and O–H groups in total. The largest absolute Gasteiger partial charge is 0.486 e. The highest BCUT2D eigenvalue weighted by atomic mass is 35.5. The Kier molecular flexibility index (Phi) is 3.94. The summed E-state index contributed by atoms with van der Waals surface area (Å²) in [5, 5.41) is 0.740. The van der Waals surface area contributed by atoms with Crippen LogP contribution >= 0.6 is 23.4 Å². The molecule has 1 aliphatic rings. The Morgan fingerprint density at radius 1 is 1.05 bits per heavy atom. The van der Waals surface area contributed by atoms with Crippen LogP contribution < -0.4 is 15.2 Å². The molecule has 0 aromatic heterocycles. The number of anilines is 1. The maximum absolute atomic E-state index is 6.16. The van der Waals surface area contributed by atoms with Crippen LogP contribution in [-0.4, -0.2) is 13.2 Å². The number of nitrogens with two attached hydrogens (primary N) is 1. The number of thioether (sulfide) groups is 1. The van der Waals surface area contributed by atoms with Gasteiger partial charge in [-0.1, -0.05) is 11.6 Å². The smallest absolute Gasteiger partial charge is 0.162 e. The van der Waals surface area contributed by atoms with E-state index >= 15 is 0 Å². The molecule has 3 nitrogen and oxygen atoms in total. The normalized spacial score (nSPS) is 13.2. The van der Waals surface area contributed by atoms with E-state index in [0.29, 0.717) is 13.2 Å². The first-order valence-corrected chi connectivity index (χ1v) is 7.65. The van der Waals surface area contributed by atoms with E-state index in [0.717, 1.165) is 38.4 Å². The lowest BCUT2D eigenvalue weighted by atomic mass is 10.2. The molecular formula is C15H14ClNO2S. The van der Waals surface area contributed by atoms with Crippen LogP contribution in [-0.2, 0) is 5.75 Å². The van der Waals surface area contributed by atoms with Gasteiger partial charge in [-0.3, -0.25) is 0 Å². The summed E-state index contributed by atoms with van der Waals surface area (Å²) < 4.78 is 11.1. The number of hydrogen-bond acceptors (Lipinski definition) is 4. The van der Waals surface area contributed by atoms with Crippen LogP contribution in [0.5, 0.6) is 11.5 Å². The van der Waals surface area contributed by atoms with Gasteiger partial charge < -0.3 is 15.2 Å². The average molecular weight is 308 g/mol. The Hall–Kier alpha value is -1.52. The highest BCUT2D eigenvalue weighted by molar-refractivity contribution is 7.98. The maximum Gasteiger partial charge on any atom is 0.162 e. The molecule has 0 fully saturated rings. The lowest BCUT2D eigenvalue weighted by Gasteiger charge is -2.18. The molecule has 20 heavy (non-hydrogen) atoms. The standard InChI is InChI=1S/C15H14ClNO2S/c16-13-3-1-11(17)7-10(13)9-20-12-2-4-14-15(8-12)19-6-5-18-14/h1-4,7-8H,5-6,9,17H2. The third-order valence-electron chi connectivity index (χ3n) is 2.98. The lowest BCUT2D eigenvalue weighted by Crippen LogP contribution is -2.15. The molecule has 0 radical (unpaired) electrons. The molecule has 3 rings (SSSR count). The second-order valence-corrected chi connectivity index (χ2v) is 5.90. The molecule has 5 heteroatoms. The van der Waals surface area contributed by atoms with E-state index in [1.165, 1.54) is 0 Å². The first kappa shape index (κ1) is 13.5. The van der Waals surface area contributed by atoms with Gasteiger partial charge >= 0.3 is 0 Å². The van der Waals surface area contributed by atoms with Gasteiger partial charge in [0, 0.05) is 21.4 Å². The predicted molar refractivity (Wildman–Crippen MR) is 82.9 cm³/mol. The van der Waals surface area contributed by atoms with Crippen LogP contribution in [0.4, 0.5) is 5.69 Å². The van der Waals surface area contributed by atoms with Crippen LogP contribution in [0.25, 0.3) is 0 Å². The van der Waals surface area contributed by atoms with Gasteiger partial charge in [-0.25, -0.2) is 0 Å². The van der Waals surface area contributed by atoms with Crippen LogP contribution in [0.3, 0.4) is 0 Å². The summed E-state index contributed by atoms with van der Waals surface area (Å²) in [4.78, 5) is 1.12. The molecule has 0 saturated carbocycles. The van der Waals surface area contributed by atoms with E-state index < -0.39 is 0 Å². The van der Waals surface area contributed by atoms with Gasteiger partial charge in [-0.05, 0) is 42.0 Å². The van der Waals surface area contributed by atoms with Crippen molar-refractivity contribution in [1.29, 1.82) is 0 Å². The number of rotatable bonds is 3. The highest BCUT2D eigenvalue weighted by Gasteiger charge is 2.12. The molecular weight excluding hydrogens is 294 g/mol. The van der Waals surface area contributed by atoms with E-state index in [1.807, 2.05) is 30.3 Å². The number of halogens is 1. The van der Waals surface area contributed by atoms with Crippen LogP contribution in [0.2, 0.25) is 5.02 Å². The summed E-state index contributed by atoms with van der Waals surface area (Å²) >= 11 is 7.86. The second kappa shape index (κ2) is 5.85. The summed E-state index contributed by atoms with van der Waals surface area (Å²) in [6, 6.07) is 11.5. The van der Waals surface area contributed by atoms with E-state index in [9.17, 15) is 0 Å². The molecule has 0 aliphatic carbocycles. The molecule has 2 aromatic rings. The van der Waals surface area contributed by atoms with Gasteiger partial charge in [0.25, 0.3) is 0 Å². The van der Waals surface area contributed by atoms with E-state index in [2.05, 4.69) is 0 Å². The van der Waals surface area contributed by atoms with E-state index in [-0.39, 0.29) is 0 Å². The Morgan fingerprint density at radius 3 is 2.70 bits per heavy atom. The molecule has 0 spiro atoms. The minimum atomic E-state index is 0.599. The number of ether oxygens (including phenoxy) is 2. The fraction of sp³-hybridized carbons (Fsp3) is 0.200. The zero-order chi connectivity index (χ0) is 13.9. The monoisotopic (exact) mass is 307 g/mol. The highest BCUT2D eigenvalue weighted by Crippen LogP contribution is 2.36.